The predicted octanol–water partition coefficient (Wildman–Crippen LogP) is 4.44. The van der Waals surface area contributed by atoms with E-state index in [0.717, 1.165) is 0 Å². The van der Waals surface area contributed by atoms with Crippen molar-refractivity contribution in [1.82, 2.24) is 9.97 Å². The minimum Gasteiger partial charge on any atom is -0.508 e. The van der Waals surface area contributed by atoms with Gasteiger partial charge in [0.15, 0.2) is 5.82 Å². The molecule has 2 amide bonds. The van der Waals surface area contributed by atoms with Gasteiger partial charge in [-0.2, -0.15) is 18.2 Å². The molecule has 166 valence electrons. The van der Waals surface area contributed by atoms with Gasteiger partial charge in [0.25, 0.3) is 0 Å². The molecule has 0 unspecified atom stereocenters. The molecule has 8 nitrogen and oxygen atoms in total. The lowest BCUT2D eigenvalue weighted by Gasteiger charge is -2.36. The minimum atomic E-state index is -4.45. The average Bonchev–Trinajstić information content (AvgIpc) is 2.78. The van der Waals surface area contributed by atoms with Gasteiger partial charge in [0.05, 0.1) is 19.3 Å². The van der Waals surface area contributed by atoms with Gasteiger partial charge in [-0.25, -0.2) is 14.7 Å². The monoisotopic (exact) mass is 445 g/mol. The van der Waals surface area contributed by atoms with Gasteiger partial charge in [0, 0.05) is 17.4 Å². The highest BCUT2D eigenvalue weighted by atomic mass is 19.4. The zero-order valence-corrected chi connectivity index (χ0v) is 16.8. The van der Waals surface area contributed by atoms with Crippen LogP contribution >= 0.6 is 0 Å². The number of methoxy groups -OCH3 is 1. The number of ether oxygens (including phenoxy) is 1. The van der Waals surface area contributed by atoms with Crippen LogP contribution in [0.15, 0.2) is 54.7 Å². The molecule has 2 aromatic carbocycles. The van der Waals surface area contributed by atoms with Crippen LogP contribution in [-0.2, 0) is 6.54 Å². The molecule has 1 aliphatic heterocycles. The second-order valence-corrected chi connectivity index (χ2v) is 6.93. The van der Waals surface area contributed by atoms with E-state index < -0.39 is 18.8 Å². The van der Waals surface area contributed by atoms with Gasteiger partial charge in [0.1, 0.15) is 18.0 Å². The zero-order chi connectivity index (χ0) is 22.9. The molecule has 0 atom stereocenters. The van der Waals surface area contributed by atoms with Crippen LogP contribution in [0.2, 0.25) is 0 Å². The number of anilines is 4. The molecule has 0 saturated heterocycles. The highest BCUT2D eigenvalue weighted by Gasteiger charge is 2.35. The number of halogens is 3. The zero-order valence-electron chi connectivity index (χ0n) is 16.8. The van der Waals surface area contributed by atoms with Gasteiger partial charge in [0.2, 0.25) is 5.95 Å². The van der Waals surface area contributed by atoms with Crippen LogP contribution in [0, 0.1) is 0 Å². The highest BCUT2D eigenvalue weighted by Crippen LogP contribution is 2.36. The van der Waals surface area contributed by atoms with Gasteiger partial charge in [-0.05, 0) is 48.5 Å². The van der Waals surface area contributed by atoms with Crippen molar-refractivity contribution in [1.29, 1.82) is 0 Å². The van der Waals surface area contributed by atoms with Gasteiger partial charge in [-0.1, -0.05) is 0 Å². The van der Waals surface area contributed by atoms with Gasteiger partial charge < -0.3 is 15.2 Å². The summed E-state index contributed by atoms with van der Waals surface area (Å²) in [7, 11) is 1.53. The average molecular weight is 445 g/mol. The van der Waals surface area contributed by atoms with Crippen LogP contribution in [0.5, 0.6) is 11.5 Å². The lowest BCUT2D eigenvalue weighted by atomic mass is 10.1. The summed E-state index contributed by atoms with van der Waals surface area (Å²) in [6.45, 7) is -1.19. The smallest absolute Gasteiger partial charge is 0.405 e. The van der Waals surface area contributed by atoms with Gasteiger partial charge in [-0.3, -0.25) is 4.90 Å². The number of phenolic OH excluding ortho intramolecular Hbond substituents is 1. The third-order valence-electron chi connectivity index (χ3n) is 4.74. The van der Waals surface area contributed by atoms with Crippen molar-refractivity contribution in [3.8, 4) is 11.5 Å². The number of rotatable bonds is 5. The number of amides is 2. The Morgan fingerprint density at radius 1 is 1.09 bits per heavy atom. The number of aromatic nitrogens is 2. The molecule has 1 aromatic heterocycles. The van der Waals surface area contributed by atoms with Crippen LogP contribution in [0.25, 0.3) is 0 Å². The first-order valence-electron chi connectivity index (χ1n) is 9.46. The third kappa shape index (κ3) is 4.36. The number of hydrogen-bond acceptors (Lipinski definition) is 6. The Balaban J connectivity index is 1.75. The van der Waals surface area contributed by atoms with E-state index in [2.05, 4.69) is 15.3 Å². The first kappa shape index (κ1) is 21.2. The molecular formula is C21H18F3N5O3. The van der Waals surface area contributed by atoms with Crippen LogP contribution < -0.4 is 19.9 Å². The van der Waals surface area contributed by atoms with Crippen molar-refractivity contribution >= 4 is 29.2 Å². The van der Waals surface area contributed by atoms with E-state index in [4.69, 9.17) is 4.74 Å². The fraction of sp³-hybridized carbons (Fsp3) is 0.190. The van der Waals surface area contributed by atoms with E-state index in [0.29, 0.717) is 22.7 Å². The number of carbonyl (C=O) groups is 1. The number of hydrogen-bond donors (Lipinski definition) is 2. The largest absolute Gasteiger partial charge is 0.508 e. The summed E-state index contributed by atoms with van der Waals surface area (Å²) >= 11 is 0. The maximum atomic E-state index is 13.5. The van der Waals surface area contributed by atoms with E-state index in [1.54, 1.807) is 24.3 Å². The van der Waals surface area contributed by atoms with E-state index in [9.17, 15) is 23.1 Å². The maximum absolute atomic E-state index is 13.5. The molecule has 3 aromatic rings. The summed E-state index contributed by atoms with van der Waals surface area (Å²) in [5, 5.41) is 11.8. The van der Waals surface area contributed by atoms with E-state index >= 15 is 0 Å². The summed E-state index contributed by atoms with van der Waals surface area (Å²) in [6, 6.07) is 12.2. The van der Waals surface area contributed by atoms with E-state index in [1.807, 2.05) is 0 Å². The number of benzene rings is 2. The first-order chi connectivity index (χ1) is 15.2. The topological polar surface area (TPSA) is 90.8 Å². The molecular weight excluding hydrogens is 427 g/mol. The number of nitrogens with zero attached hydrogens (tertiary/aromatic N) is 4. The number of phenols is 1. The normalized spacial score (nSPS) is 13.7. The van der Waals surface area contributed by atoms with Crippen LogP contribution in [0.1, 0.15) is 5.56 Å². The molecule has 0 aliphatic carbocycles. The number of nitrogens with one attached hydrogen (secondary N) is 1. The van der Waals surface area contributed by atoms with Crippen molar-refractivity contribution in [2.24, 2.45) is 0 Å². The lowest BCUT2D eigenvalue weighted by molar-refractivity contribution is -0.115. The molecule has 0 fully saturated rings. The fourth-order valence-electron chi connectivity index (χ4n) is 3.21. The van der Waals surface area contributed by atoms with Crippen LogP contribution in [-0.4, -0.2) is 40.9 Å². The van der Waals surface area contributed by atoms with E-state index in [-0.39, 0.29) is 24.1 Å². The molecule has 0 saturated carbocycles. The first-order valence-corrected chi connectivity index (χ1v) is 9.46. The molecule has 0 radical (unpaired) electrons. The summed E-state index contributed by atoms with van der Waals surface area (Å²) in [5.41, 5.74) is 1.50. The second kappa shape index (κ2) is 8.25. The molecule has 2 N–H and O–H groups in total. The van der Waals surface area contributed by atoms with E-state index in [1.165, 1.54) is 47.4 Å². The highest BCUT2D eigenvalue weighted by molar-refractivity contribution is 6.10. The summed E-state index contributed by atoms with van der Waals surface area (Å²) in [4.78, 5) is 24.4. The molecule has 1 aliphatic rings. The molecule has 0 bridgehead atoms. The summed E-state index contributed by atoms with van der Waals surface area (Å²) < 4.78 is 42.9. The van der Waals surface area contributed by atoms with Gasteiger partial charge in [-0.15, -0.1) is 0 Å². The quantitative estimate of drug-likeness (QED) is 0.603. The number of carbonyl (C=O) groups excluding carboxylic acids is 1. The Kier molecular flexibility index (Phi) is 5.47. The standard InChI is InChI=1S/C21H18F3N5O3/c1-32-17-8-4-14(5-9-17)28-11-13-10-25-19(26-12-21(22,23)24)27-18(13)29(20(28)31)15-2-6-16(30)7-3-15/h2-10,30H,11-12H2,1H3,(H,25,26,27). The Labute approximate surface area is 180 Å². The minimum absolute atomic E-state index is 0.000614. The molecule has 32 heavy (non-hydrogen) atoms. The number of fused-ring (bicyclic) bond motifs is 1. The molecule has 2 heterocycles. The SMILES string of the molecule is COc1ccc(N2Cc3cnc(NCC(F)(F)F)nc3N(c3ccc(O)cc3)C2=O)cc1. The lowest BCUT2D eigenvalue weighted by Crippen LogP contribution is -2.45. The number of urea groups is 1. The second-order valence-electron chi connectivity index (χ2n) is 6.93. The molecule has 4 rings (SSSR count). The molecule has 11 heteroatoms. The maximum Gasteiger partial charge on any atom is 0.405 e. The predicted molar refractivity (Wildman–Crippen MR) is 111 cm³/mol. The summed E-state index contributed by atoms with van der Waals surface area (Å²) in [6.07, 6.45) is -3.06. The Bertz CT molecular complexity index is 1120. The van der Waals surface area contributed by atoms with Crippen molar-refractivity contribution in [3.05, 3.63) is 60.3 Å². The Morgan fingerprint density at radius 2 is 1.75 bits per heavy atom. The summed E-state index contributed by atoms with van der Waals surface area (Å²) in [5.74, 6) is 0.527. The van der Waals surface area contributed by atoms with Crippen molar-refractivity contribution in [2.45, 2.75) is 12.7 Å². The third-order valence-corrected chi connectivity index (χ3v) is 4.74. The van der Waals surface area contributed by atoms with Gasteiger partial charge >= 0.3 is 12.2 Å². The van der Waals surface area contributed by atoms with Crippen LogP contribution in [0.4, 0.5) is 41.1 Å². The fourth-order valence-corrected chi connectivity index (χ4v) is 3.21. The van der Waals surface area contributed by atoms with Crippen molar-refractivity contribution in [3.63, 3.8) is 0 Å². The number of aromatic hydroxyl groups is 1. The Hall–Kier alpha value is -4.02. The number of alkyl halides is 3. The van der Waals surface area contributed by atoms with Crippen molar-refractivity contribution in [2.75, 3.05) is 28.8 Å². The van der Waals surface area contributed by atoms with Crippen LogP contribution in [0.3, 0.4) is 0 Å². The Morgan fingerprint density at radius 3 is 2.38 bits per heavy atom. The molecule has 0 spiro atoms. The van der Waals surface area contributed by atoms with Crippen molar-refractivity contribution < 1.29 is 27.8 Å².